The van der Waals surface area contributed by atoms with Gasteiger partial charge in [0.05, 0.1) is 11.2 Å². The molecule has 26 heavy (non-hydrogen) atoms. The van der Waals surface area contributed by atoms with Crippen LogP contribution in [0.3, 0.4) is 0 Å². The average Bonchev–Trinajstić information content (AvgIpc) is 2.78. The van der Waals surface area contributed by atoms with Crippen molar-refractivity contribution < 1.29 is 9.31 Å². The third-order valence-electron chi connectivity index (χ3n) is 5.88. The zero-order chi connectivity index (χ0) is 19.5. The molecule has 0 unspecified atom stereocenters. The molecule has 0 N–H and O–H groups in total. The van der Waals surface area contributed by atoms with Gasteiger partial charge < -0.3 is 9.31 Å². The van der Waals surface area contributed by atoms with Crippen LogP contribution >= 0.6 is 0 Å². The summed E-state index contributed by atoms with van der Waals surface area (Å²) < 4.78 is 12.0. The Balaban J connectivity index is 1.99. The highest BCUT2D eigenvalue weighted by molar-refractivity contribution is 6.52. The van der Waals surface area contributed by atoms with Crippen LogP contribution in [0.1, 0.15) is 72.9 Å². The SMILES string of the molecule is CC[C@@H](C)N(Cc1ccc(/C=C/B2OC(C)(C)C(C)(C)O2)cc1)C(C)C. The number of rotatable bonds is 7. The molecule has 0 aliphatic carbocycles. The summed E-state index contributed by atoms with van der Waals surface area (Å²) in [6.07, 6.45) is 3.26. The van der Waals surface area contributed by atoms with Crippen molar-refractivity contribution in [2.75, 3.05) is 0 Å². The molecule has 3 nitrogen and oxygen atoms in total. The van der Waals surface area contributed by atoms with E-state index in [4.69, 9.17) is 9.31 Å². The van der Waals surface area contributed by atoms with Gasteiger partial charge in [0, 0.05) is 18.6 Å². The largest absolute Gasteiger partial charge is 0.487 e. The minimum atomic E-state index is -0.290. The molecule has 1 aliphatic rings. The van der Waals surface area contributed by atoms with E-state index >= 15 is 0 Å². The number of benzene rings is 1. The lowest BCUT2D eigenvalue weighted by Gasteiger charge is -2.32. The molecule has 4 heteroatoms. The van der Waals surface area contributed by atoms with E-state index in [0.717, 1.165) is 6.54 Å². The fourth-order valence-electron chi connectivity index (χ4n) is 3.18. The maximum absolute atomic E-state index is 6.01. The van der Waals surface area contributed by atoms with Gasteiger partial charge in [0.15, 0.2) is 0 Å². The van der Waals surface area contributed by atoms with Gasteiger partial charge in [0.1, 0.15) is 0 Å². The van der Waals surface area contributed by atoms with Gasteiger partial charge in [-0.1, -0.05) is 43.2 Å². The molecule has 1 saturated heterocycles. The lowest BCUT2D eigenvalue weighted by Crippen LogP contribution is -2.41. The highest BCUT2D eigenvalue weighted by Crippen LogP contribution is 2.37. The van der Waals surface area contributed by atoms with Crippen LogP contribution in [0, 0.1) is 0 Å². The predicted octanol–water partition coefficient (Wildman–Crippen LogP) is 5.34. The molecular weight excluding hydrogens is 321 g/mol. The monoisotopic (exact) mass is 357 g/mol. The van der Waals surface area contributed by atoms with E-state index in [1.165, 1.54) is 17.5 Å². The Morgan fingerprint density at radius 1 is 1.00 bits per heavy atom. The van der Waals surface area contributed by atoms with Crippen molar-refractivity contribution in [2.24, 2.45) is 0 Å². The van der Waals surface area contributed by atoms with Crippen molar-refractivity contribution in [3.63, 3.8) is 0 Å². The van der Waals surface area contributed by atoms with E-state index in [-0.39, 0.29) is 18.3 Å². The molecule has 1 aromatic rings. The molecule has 0 bridgehead atoms. The molecule has 1 atom stereocenters. The minimum Gasteiger partial charge on any atom is -0.400 e. The predicted molar refractivity (Wildman–Crippen MR) is 112 cm³/mol. The number of hydrogen-bond acceptors (Lipinski definition) is 3. The Bertz CT molecular complexity index is 591. The van der Waals surface area contributed by atoms with Crippen LogP contribution < -0.4 is 0 Å². The lowest BCUT2D eigenvalue weighted by molar-refractivity contribution is 0.00578. The van der Waals surface area contributed by atoms with Crippen LogP contribution in [0.4, 0.5) is 0 Å². The maximum atomic E-state index is 6.01. The molecule has 1 heterocycles. The van der Waals surface area contributed by atoms with E-state index in [9.17, 15) is 0 Å². The summed E-state index contributed by atoms with van der Waals surface area (Å²) in [5.41, 5.74) is 1.94. The topological polar surface area (TPSA) is 21.7 Å². The van der Waals surface area contributed by atoms with Crippen LogP contribution in [0.15, 0.2) is 30.2 Å². The molecule has 0 radical (unpaired) electrons. The zero-order valence-electron chi connectivity index (χ0n) is 17.9. The highest BCUT2D eigenvalue weighted by atomic mass is 16.7. The van der Waals surface area contributed by atoms with Crippen LogP contribution in [-0.2, 0) is 15.9 Å². The quantitative estimate of drug-likeness (QED) is 0.615. The van der Waals surface area contributed by atoms with Crippen LogP contribution in [0.2, 0.25) is 0 Å². The second-order valence-corrected chi connectivity index (χ2v) is 8.75. The van der Waals surface area contributed by atoms with Crippen molar-refractivity contribution >= 4 is 13.2 Å². The molecule has 1 aliphatic heterocycles. The fraction of sp³-hybridized carbons (Fsp3) is 0.636. The molecular formula is C22H36BNO2. The van der Waals surface area contributed by atoms with Gasteiger partial charge >= 0.3 is 7.12 Å². The number of hydrogen-bond donors (Lipinski definition) is 0. The normalized spacial score (nSPS) is 20.5. The summed E-state index contributed by atoms with van der Waals surface area (Å²) in [6, 6.07) is 9.94. The molecule has 0 spiro atoms. The fourth-order valence-corrected chi connectivity index (χ4v) is 3.18. The van der Waals surface area contributed by atoms with Crippen molar-refractivity contribution in [1.82, 2.24) is 4.90 Å². The third-order valence-corrected chi connectivity index (χ3v) is 5.88. The molecule has 1 aromatic carbocycles. The van der Waals surface area contributed by atoms with Gasteiger partial charge in [-0.3, -0.25) is 4.90 Å². The minimum absolute atomic E-state index is 0.290. The van der Waals surface area contributed by atoms with Gasteiger partial charge in [-0.2, -0.15) is 0 Å². The number of nitrogens with zero attached hydrogens (tertiary/aromatic N) is 1. The first kappa shape index (κ1) is 21.2. The molecule has 0 amide bonds. The van der Waals surface area contributed by atoms with E-state index in [1.54, 1.807) is 0 Å². The van der Waals surface area contributed by atoms with Gasteiger partial charge in [0.2, 0.25) is 0 Å². The third kappa shape index (κ3) is 5.00. The zero-order valence-corrected chi connectivity index (χ0v) is 17.9. The smallest absolute Gasteiger partial charge is 0.400 e. The van der Waals surface area contributed by atoms with Crippen LogP contribution in [0.5, 0.6) is 0 Å². The van der Waals surface area contributed by atoms with Crippen LogP contribution in [0.25, 0.3) is 6.08 Å². The standard InChI is InChI=1S/C22H36BNO2/c1-9-18(4)24(17(2)3)16-20-12-10-19(11-13-20)14-15-23-25-21(5,6)22(7,8)26-23/h10-15,17-18H,9,16H2,1-8H3/b15-14+/t18-/m1/s1. The Labute approximate surface area is 160 Å². The Kier molecular flexibility index (Phi) is 6.76. The second kappa shape index (κ2) is 8.29. The molecule has 1 fully saturated rings. The van der Waals surface area contributed by atoms with Crippen molar-refractivity contribution in [3.8, 4) is 0 Å². The molecule has 0 aromatic heterocycles. The van der Waals surface area contributed by atoms with E-state index in [1.807, 2.05) is 5.98 Å². The van der Waals surface area contributed by atoms with E-state index < -0.39 is 0 Å². The summed E-state index contributed by atoms with van der Waals surface area (Å²) >= 11 is 0. The summed E-state index contributed by atoms with van der Waals surface area (Å²) in [4.78, 5) is 2.55. The maximum Gasteiger partial charge on any atom is 0.487 e. The van der Waals surface area contributed by atoms with E-state index in [2.05, 4.69) is 90.6 Å². The first-order valence-corrected chi connectivity index (χ1v) is 9.94. The van der Waals surface area contributed by atoms with Gasteiger partial charge in [-0.15, -0.1) is 0 Å². The lowest BCUT2D eigenvalue weighted by atomic mass is 9.89. The van der Waals surface area contributed by atoms with Gasteiger partial charge in [-0.25, -0.2) is 0 Å². The summed E-state index contributed by atoms with van der Waals surface area (Å²) in [6.45, 7) is 18.4. The Morgan fingerprint density at radius 2 is 1.54 bits per heavy atom. The van der Waals surface area contributed by atoms with Gasteiger partial charge in [0.25, 0.3) is 0 Å². The first-order chi connectivity index (χ1) is 12.1. The van der Waals surface area contributed by atoms with Gasteiger partial charge in [-0.05, 0) is 66.0 Å². The molecule has 144 valence electrons. The van der Waals surface area contributed by atoms with Crippen molar-refractivity contribution in [1.29, 1.82) is 0 Å². The van der Waals surface area contributed by atoms with Crippen LogP contribution in [-0.4, -0.2) is 35.3 Å². The Morgan fingerprint density at radius 3 is 2.00 bits per heavy atom. The highest BCUT2D eigenvalue weighted by Gasteiger charge is 2.49. The summed E-state index contributed by atoms with van der Waals surface area (Å²) in [7, 11) is -0.290. The summed E-state index contributed by atoms with van der Waals surface area (Å²) in [5.74, 6) is 2.01. The average molecular weight is 357 g/mol. The molecule has 0 saturated carbocycles. The van der Waals surface area contributed by atoms with Crippen molar-refractivity contribution in [3.05, 3.63) is 41.4 Å². The Hall–Kier alpha value is -1.10. The second-order valence-electron chi connectivity index (χ2n) is 8.75. The van der Waals surface area contributed by atoms with Crippen molar-refractivity contribution in [2.45, 2.75) is 91.6 Å². The van der Waals surface area contributed by atoms with E-state index in [0.29, 0.717) is 12.1 Å². The first-order valence-electron chi connectivity index (χ1n) is 9.94. The molecule has 2 rings (SSSR count). The summed E-state index contributed by atoms with van der Waals surface area (Å²) in [5, 5.41) is 0.